The van der Waals surface area contributed by atoms with Gasteiger partial charge in [0.25, 0.3) is 0 Å². The van der Waals surface area contributed by atoms with E-state index in [4.69, 9.17) is 5.11 Å². The summed E-state index contributed by atoms with van der Waals surface area (Å²) in [5.74, 6) is -62.9. The molecule has 0 amide bonds. The van der Waals surface area contributed by atoms with E-state index >= 15 is 0 Å². The maximum absolute atomic E-state index is 13.0. The highest BCUT2D eigenvalue weighted by molar-refractivity contribution is 5.77. The topological polar surface area (TPSA) is 37.3 Å². The number of hydrogen-bond acceptors (Lipinski definition) is 1. The lowest BCUT2D eigenvalue weighted by atomic mass is 10.1. The standard InChI is InChI=1S/C9HF17O2/c10-2(11,1(27)28)3(12,13)4(14,15)5(16,17)6(18,19)7(20,21)8(22,23)9(24,25)26/h(H,27,28)/i1+1,2+1,3+1,4+1,5+1. The first-order valence-corrected chi connectivity index (χ1v) is 5.64. The molecule has 0 aromatic heterocycles. The van der Waals surface area contributed by atoms with Gasteiger partial charge in [0.15, 0.2) is 0 Å². The number of carboxylic acids is 1. The number of carboxylic acid groups (broad SMARTS) is 1. The smallest absolute Gasteiger partial charge is 0.460 e. The van der Waals surface area contributed by atoms with Crippen LogP contribution in [0.5, 0.6) is 0 Å². The third-order valence-electron chi connectivity index (χ3n) is 2.99. The molecule has 0 aromatic rings. The average molecular weight is 469 g/mol. The second kappa shape index (κ2) is 6.14. The van der Waals surface area contributed by atoms with Gasteiger partial charge in [-0.2, -0.15) is 74.6 Å². The van der Waals surface area contributed by atoms with Gasteiger partial charge in [-0.15, -0.1) is 0 Å². The number of carbonyl (C=O) groups is 1. The van der Waals surface area contributed by atoms with Crippen molar-refractivity contribution < 1.29 is 84.5 Å². The summed E-state index contributed by atoms with van der Waals surface area (Å²) < 4.78 is 214. The van der Waals surface area contributed by atoms with Crippen molar-refractivity contribution in [2.45, 2.75) is 47.6 Å². The summed E-state index contributed by atoms with van der Waals surface area (Å²) in [7, 11) is 0. The Morgan fingerprint density at radius 3 is 0.857 bits per heavy atom. The first-order chi connectivity index (χ1) is 11.7. The van der Waals surface area contributed by atoms with Crippen molar-refractivity contribution in [3.8, 4) is 0 Å². The molecule has 2 nitrogen and oxygen atoms in total. The molecule has 0 aliphatic heterocycles. The summed E-state index contributed by atoms with van der Waals surface area (Å²) in [4.78, 5) is 9.77. The van der Waals surface area contributed by atoms with Gasteiger partial charge >= 0.3 is 53.6 Å². The van der Waals surface area contributed by atoms with Gasteiger partial charge in [-0.3, -0.25) is 0 Å². The molecule has 0 aliphatic rings. The fraction of sp³-hybridized carbons (Fsp3) is 0.889. The molecule has 0 unspecified atom stereocenters. The molecule has 0 bridgehead atoms. The first kappa shape index (κ1) is 26.3. The highest BCUT2D eigenvalue weighted by Crippen LogP contribution is 2.63. The highest BCUT2D eigenvalue weighted by atomic mass is 19.4. The molecule has 0 spiro atoms. The summed E-state index contributed by atoms with van der Waals surface area (Å²) in [5.41, 5.74) is 0. The third-order valence-corrected chi connectivity index (χ3v) is 2.99. The van der Waals surface area contributed by atoms with Crippen LogP contribution in [0.15, 0.2) is 0 Å². The van der Waals surface area contributed by atoms with E-state index in [0.717, 1.165) is 0 Å². The molecular formula is C9HF17O2. The van der Waals surface area contributed by atoms with Gasteiger partial charge < -0.3 is 5.11 Å². The minimum Gasteiger partial charge on any atom is -0.477 e. The molecule has 1 N–H and O–H groups in total. The normalized spacial score (nSPS) is 16.3. The minimum absolute atomic E-state index is 4.39. The Labute approximate surface area is 139 Å². The zero-order valence-electron chi connectivity index (χ0n) is 11.8. The first-order valence-electron chi connectivity index (χ1n) is 5.64. The molecular weight excluding hydrogens is 468 g/mol. The monoisotopic (exact) mass is 469 g/mol. The lowest BCUT2D eigenvalue weighted by Gasteiger charge is -2.42. The molecule has 168 valence electrons. The largest absolute Gasteiger partial charge is 0.477 e. The van der Waals surface area contributed by atoms with Crippen molar-refractivity contribution in [3.05, 3.63) is 0 Å². The highest BCUT2D eigenvalue weighted by Gasteiger charge is 2.95. The van der Waals surface area contributed by atoms with Crippen LogP contribution in [-0.2, 0) is 4.79 Å². The number of aliphatic carboxylic acids is 1. The molecule has 0 saturated carbocycles. The number of halogens is 17. The van der Waals surface area contributed by atoms with E-state index in [1.54, 1.807) is 0 Å². The molecule has 0 aliphatic carbocycles. The Morgan fingerprint density at radius 1 is 0.429 bits per heavy atom. The quantitative estimate of drug-likeness (QED) is 0.418. The van der Waals surface area contributed by atoms with Crippen molar-refractivity contribution >= 4 is 5.97 Å². The summed E-state index contributed by atoms with van der Waals surface area (Å²) in [6.45, 7) is 0. The van der Waals surface area contributed by atoms with Crippen LogP contribution in [0.4, 0.5) is 74.6 Å². The van der Waals surface area contributed by atoms with E-state index < -0.39 is 53.6 Å². The zero-order chi connectivity index (χ0) is 23.6. The maximum atomic E-state index is 13.0. The van der Waals surface area contributed by atoms with Gasteiger partial charge in [0.1, 0.15) is 0 Å². The molecule has 0 saturated heterocycles. The maximum Gasteiger partial charge on any atom is 0.460 e. The minimum atomic E-state index is -8.76. The predicted molar refractivity (Wildman–Crippen MR) is 48.3 cm³/mol. The van der Waals surface area contributed by atoms with E-state index in [1.165, 1.54) is 0 Å². The van der Waals surface area contributed by atoms with Gasteiger partial charge in [0, 0.05) is 0 Å². The lowest BCUT2D eigenvalue weighted by Crippen LogP contribution is -2.75. The van der Waals surface area contributed by atoms with Crippen LogP contribution in [0.1, 0.15) is 0 Å². The number of hydrogen-bond donors (Lipinski definition) is 1. The third kappa shape index (κ3) is 2.91. The molecule has 0 rings (SSSR count). The van der Waals surface area contributed by atoms with Crippen LogP contribution < -0.4 is 0 Å². The Morgan fingerprint density at radius 2 is 0.643 bits per heavy atom. The Hall–Kier alpha value is -1.72. The van der Waals surface area contributed by atoms with Crippen molar-refractivity contribution in [3.63, 3.8) is 0 Å². The summed E-state index contributed by atoms with van der Waals surface area (Å²) >= 11 is 0. The van der Waals surface area contributed by atoms with Crippen LogP contribution in [0.2, 0.25) is 0 Å². The molecule has 0 aromatic carbocycles. The second-order valence-corrected chi connectivity index (χ2v) is 4.82. The molecule has 28 heavy (non-hydrogen) atoms. The van der Waals surface area contributed by atoms with Gasteiger partial charge in [0.2, 0.25) is 0 Å². The van der Waals surface area contributed by atoms with Crippen molar-refractivity contribution in [1.29, 1.82) is 0 Å². The number of alkyl halides is 17. The molecule has 0 atom stereocenters. The fourth-order valence-electron chi connectivity index (χ4n) is 1.30. The van der Waals surface area contributed by atoms with E-state index in [-0.39, 0.29) is 0 Å². The fourth-order valence-corrected chi connectivity index (χ4v) is 1.30. The van der Waals surface area contributed by atoms with Gasteiger partial charge in [-0.1, -0.05) is 0 Å². The molecule has 19 heteroatoms. The Bertz CT molecular complexity index is 615. The predicted octanol–water partition coefficient (Wildman–Crippen LogP) is 5.08. The van der Waals surface area contributed by atoms with E-state index in [9.17, 15) is 79.4 Å². The molecule has 0 radical (unpaired) electrons. The van der Waals surface area contributed by atoms with Crippen LogP contribution >= 0.6 is 0 Å². The van der Waals surface area contributed by atoms with Gasteiger partial charge in [-0.25, -0.2) is 4.79 Å². The summed E-state index contributed by atoms with van der Waals surface area (Å²) in [5, 5.41) is 7.59. The summed E-state index contributed by atoms with van der Waals surface area (Å²) in [6.07, 6.45) is -7.83. The van der Waals surface area contributed by atoms with Crippen molar-refractivity contribution in [1.82, 2.24) is 0 Å². The van der Waals surface area contributed by atoms with Crippen LogP contribution in [-0.4, -0.2) is 58.7 Å². The van der Waals surface area contributed by atoms with Crippen molar-refractivity contribution in [2.75, 3.05) is 0 Å². The van der Waals surface area contributed by atoms with Crippen LogP contribution in [0, 0.1) is 0 Å². The van der Waals surface area contributed by atoms with Crippen LogP contribution in [0.3, 0.4) is 0 Å². The van der Waals surface area contributed by atoms with E-state index in [0.29, 0.717) is 0 Å². The molecule has 0 heterocycles. The second-order valence-electron chi connectivity index (χ2n) is 4.82. The Balaban J connectivity index is 6.76. The summed E-state index contributed by atoms with van der Waals surface area (Å²) in [6, 6.07) is 0. The van der Waals surface area contributed by atoms with E-state index in [2.05, 4.69) is 0 Å². The van der Waals surface area contributed by atoms with Gasteiger partial charge in [0.05, 0.1) is 0 Å². The molecule has 0 fully saturated rings. The Kier molecular flexibility index (Phi) is 5.76. The number of rotatable bonds is 7. The SMILES string of the molecule is O=[13C](O)[13C](F)(F)[13C](F)(F)[13C](F)(F)[13C](F)(F)C(F)(F)C(F)(F)C(F)(F)C(F)(F)F. The van der Waals surface area contributed by atoms with Crippen molar-refractivity contribution in [2.24, 2.45) is 0 Å². The van der Waals surface area contributed by atoms with Gasteiger partial charge in [-0.05, 0) is 0 Å². The van der Waals surface area contributed by atoms with E-state index in [1.807, 2.05) is 0 Å². The lowest BCUT2D eigenvalue weighted by molar-refractivity contribution is -0.459. The van der Waals surface area contributed by atoms with Crippen LogP contribution in [0.25, 0.3) is 0 Å². The zero-order valence-corrected chi connectivity index (χ0v) is 11.8. The average Bonchev–Trinajstić information content (AvgIpc) is 2.44.